The van der Waals surface area contributed by atoms with Crippen molar-refractivity contribution in [3.8, 4) is 22.6 Å². The van der Waals surface area contributed by atoms with Gasteiger partial charge in [0.1, 0.15) is 0 Å². The van der Waals surface area contributed by atoms with Crippen molar-refractivity contribution in [3.63, 3.8) is 0 Å². The van der Waals surface area contributed by atoms with Crippen LogP contribution in [0.5, 0.6) is 0 Å². The highest BCUT2D eigenvalue weighted by Crippen LogP contribution is 2.28. The number of aromatic nitrogens is 7. The van der Waals surface area contributed by atoms with Crippen LogP contribution in [0.3, 0.4) is 0 Å². The normalized spacial score (nSPS) is 11.1. The van der Waals surface area contributed by atoms with Gasteiger partial charge < -0.3 is 0 Å². The molecule has 0 saturated carbocycles. The Morgan fingerprint density at radius 2 is 1.69 bits per heavy atom. The van der Waals surface area contributed by atoms with Gasteiger partial charge in [-0.1, -0.05) is 74.0 Å². The molecule has 2 aromatic carbocycles. The standard InChI is InChI=1S/C27H27N7O/c1-2-8-22-19-33(16-15-20-9-4-3-5-10-20)27(35)34(22)18-21-13-14-25(28-17-21)23-11-6-7-12-24(23)26-29-31-32-30-26/h3-7,9-14,17,19H,2,8,15-16,18H2,1H3,(H,29,30,31,32). The van der Waals surface area contributed by atoms with Crippen molar-refractivity contribution in [2.45, 2.75) is 39.3 Å². The number of nitrogens with zero attached hydrogens (tertiary/aromatic N) is 6. The molecule has 0 aliphatic rings. The summed E-state index contributed by atoms with van der Waals surface area (Å²) in [4.78, 5) is 17.9. The number of rotatable bonds is 9. The van der Waals surface area contributed by atoms with Gasteiger partial charge in [-0.15, -0.1) is 5.10 Å². The van der Waals surface area contributed by atoms with Crippen LogP contribution in [0.1, 0.15) is 30.2 Å². The van der Waals surface area contributed by atoms with Crippen LogP contribution in [0.25, 0.3) is 22.6 Å². The SMILES string of the molecule is CCCc1cn(CCc2ccccc2)c(=O)n1Cc1ccc(-c2ccccc2-c2nnn[nH]2)nc1. The Bertz CT molecular complexity index is 1440. The van der Waals surface area contributed by atoms with Crippen LogP contribution < -0.4 is 5.69 Å². The van der Waals surface area contributed by atoms with Gasteiger partial charge in [-0.2, -0.15) is 0 Å². The molecule has 176 valence electrons. The Hall–Kier alpha value is -4.33. The molecular formula is C27H27N7O. The average molecular weight is 466 g/mol. The summed E-state index contributed by atoms with van der Waals surface area (Å²) in [5, 5.41) is 14.2. The lowest BCUT2D eigenvalue weighted by Gasteiger charge is -2.09. The van der Waals surface area contributed by atoms with E-state index in [4.69, 9.17) is 4.98 Å². The summed E-state index contributed by atoms with van der Waals surface area (Å²) in [5.74, 6) is 0.596. The Kier molecular flexibility index (Phi) is 6.61. The van der Waals surface area contributed by atoms with Crippen molar-refractivity contribution >= 4 is 0 Å². The van der Waals surface area contributed by atoms with E-state index in [0.717, 1.165) is 47.3 Å². The van der Waals surface area contributed by atoms with E-state index in [0.29, 0.717) is 18.9 Å². The minimum absolute atomic E-state index is 0.0247. The Balaban J connectivity index is 1.38. The van der Waals surface area contributed by atoms with E-state index in [1.54, 1.807) is 0 Å². The Morgan fingerprint density at radius 3 is 2.40 bits per heavy atom. The Labute approximate surface area is 203 Å². The maximum atomic E-state index is 13.2. The molecule has 0 bridgehead atoms. The zero-order valence-electron chi connectivity index (χ0n) is 19.6. The molecule has 0 amide bonds. The number of hydrogen-bond donors (Lipinski definition) is 1. The number of aryl methyl sites for hydroxylation is 3. The molecular weight excluding hydrogens is 438 g/mol. The van der Waals surface area contributed by atoms with Crippen molar-refractivity contribution in [3.05, 3.63) is 106 Å². The zero-order chi connectivity index (χ0) is 24.0. The smallest absolute Gasteiger partial charge is 0.299 e. The monoisotopic (exact) mass is 465 g/mol. The summed E-state index contributed by atoms with van der Waals surface area (Å²) < 4.78 is 3.71. The van der Waals surface area contributed by atoms with Crippen molar-refractivity contribution in [2.75, 3.05) is 0 Å². The van der Waals surface area contributed by atoms with Crippen LogP contribution >= 0.6 is 0 Å². The molecule has 5 aromatic rings. The largest absolute Gasteiger partial charge is 0.328 e. The van der Waals surface area contributed by atoms with Gasteiger partial charge in [0.2, 0.25) is 0 Å². The van der Waals surface area contributed by atoms with Crippen molar-refractivity contribution in [1.29, 1.82) is 0 Å². The number of aromatic amines is 1. The third-order valence-corrected chi connectivity index (χ3v) is 6.09. The highest BCUT2D eigenvalue weighted by Gasteiger charge is 2.14. The van der Waals surface area contributed by atoms with Crippen LogP contribution in [0.15, 0.2) is 83.9 Å². The van der Waals surface area contributed by atoms with Gasteiger partial charge >= 0.3 is 5.69 Å². The second-order valence-corrected chi connectivity index (χ2v) is 8.52. The van der Waals surface area contributed by atoms with E-state index < -0.39 is 0 Å². The first-order valence-electron chi connectivity index (χ1n) is 11.8. The van der Waals surface area contributed by atoms with Crippen molar-refractivity contribution in [2.24, 2.45) is 0 Å². The van der Waals surface area contributed by atoms with Gasteiger partial charge in [-0.05, 0) is 40.5 Å². The minimum Gasteiger partial charge on any atom is -0.299 e. The molecule has 3 heterocycles. The molecule has 35 heavy (non-hydrogen) atoms. The van der Waals surface area contributed by atoms with Gasteiger partial charge in [0, 0.05) is 35.8 Å². The van der Waals surface area contributed by atoms with Gasteiger partial charge in [-0.25, -0.2) is 9.89 Å². The molecule has 5 rings (SSSR count). The summed E-state index contributed by atoms with van der Waals surface area (Å²) in [6.45, 7) is 3.29. The highest BCUT2D eigenvalue weighted by molar-refractivity contribution is 5.78. The fraction of sp³-hybridized carbons (Fsp3) is 0.222. The van der Waals surface area contributed by atoms with Crippen LogP contribution in [-0.4, -0.2) is 34.7 Å². The molecule has 0 aliphatic heterocycles. The second-order valence-electron chi connectivity index (χ2n) is 8.52. The number of H-pyrrole nitrogens is 1. The summed E-state index contributed by atoms with van der Waals surface area (Å²) in [6.07, 6.45) is 6.52. The van der Waals surface area contributed by atoms with Crippen LogP contribution in [0.4, 0.5) is 0 Å². The molecule has 0 unspecified atom stereocenters. The highest BCUT2D eigenvalue weighted by atomic mass is 16.1. The number of hydrogen-bond acceptors (Lipinski definition) is 5. The lowest BCUT2D eigenvalue weighted by atomic mass is 10.0. The molecule has 3 aromatic heterocycles. The van der Waals surface area contributed by atoms with E-state index in [2.05, 4.69) is 39.7 Å². The molecule has 0 fully saturated rings. The Morgan fingerprint density at radius 1 is 0.886 bits per heavy atom. The fourth-order valence-corrected chi connectivity index (χ4v) is 4.31. The van der Waals surface area contributed by atoms with E-state index in [1.165, 1.54) is 5.56 Å². The van der Waals surface area contributed by atoms with E-state index in [9.17, 15) is 4.79 Å². The summed E-state index contributed by atoms with van der Waals surface area (Å²) in [7, 11) is 0. The van der Waals surface area contributed by atoms with Gasteiger partial charge in [-0.3, -0.25) is 14.1 Å². The molecule has 0 spiro atoms. The first-order chi connectivity index (χ1) is 17.2. The molecule has 0 aliphatic carbocycles. The summed E-state index contributed by atoms with van der Waals surface area (Å²) in [6, 6.07) is 22.1. The molecule has 0 saturated heterocycles. The maximum Gasteiger partial charge on any atom is 0.328 e. The maximum absolute atomic E-state index is 13.2. The molecule has 8 heteroatoms. The predicted molar refractivity (Wildman–Crippen MR) is 135 cm³/mol. The molecule has 8 nitrogen and oxygen atoms in total. The van der Waals surface area contributed by atoms with Crippen LogP contribution in [-0.2, 0) is 25.9 Å². The van der Waals surface area contributed by atoms with E-state index in [-0.39, 0.29) is 5.69 Å². The number of tetrazole rings is 1. The topological polar surface area (TPSA) is 94.3 Å². The first-order valence-corrected chi connectivity index (χ1v) is 11.8. The van der Waals surface area contributed by atoms with Gasteiger partial charge in [0.25, 0.3) is 0 Å². The van der Waals surface area contributed by atoms with Crippen molar-refractivity contribution in [1.82, 2.24) is 34.7 Å². The molecule has 0 atom stereocenters. The van der Waals surface area contributed by atoms with Crippen LogP contribution in [0.2, 0.25) is 0 Å². The van der Waals surface area contributed by atoms with Gasteiger partial charge in [0.05, 0.1) is 12.2 Å². The average Bonchev–Trinajstić information content (AvgIpc) is 3.54. The third-order valence-electron chi connectivity index (χ3n) is 6.09. The quantitative estimate of drug-likeness (QED) is 0.353. The third kappa shape index (κ3) is 4.96. The number of imidazole rings is 1. The predicted octanol–water partition coefficient (Wildman–Crippen LogP) is 4.14. The number of benzene rings is 2. The van der Waals surface area contributed by atoms with Gasteiger partial charge in [0.15, 0.2) is 5.82 Å². The lowest BCUT2D eigenvalue weighted by molar-refractivity contribution is 0.627. The fourth-order valence-electron chi connectivity index (χ4n) is 4.31. The van der Waals surface area contributed by atoms with E-state index >= 15 is 0 Å². The lowest BCUT2D eigenvalue weighted by Crippen LogP contribution is -2.26. The van der Waals surface area contributed by atoms with Crippen molar-refractivity contribution < 1.29 is 0 Å². The number of nitrogens with one attached hydrogen (secondary N) is 1. The minimum atomic E-state index is 0.0247. The van der Waals surface area contributed by atoms with E-state index in [1.807, 2.05) is 76.1 Å². The second kappa shape index (κ2) is 10.3. The zero-order valence-corrected chi connectivity index (χ0v) is 19.6. The first kappa shape index (κ1) is 22.5. The summed E-state index contributed by atoms with van der Waals surface area (Å²) in [5.41, 5.74) is 5.93. The summed E-state index contributed by atoms with van der Waals surface area (Å²) >= 11 is 0. The molecule has 1 N–H and O–H groups in total. The number of pyridine rings is 1. The van der Waals surface area contributed by atoms with Crippen LogP contribution in [0, 0.1) is 0 Å². The molecule has 0 radical (unpaired) electrons.